The average molecular weight is 322 g/mol. The monoisotopic (exact) mass is 322 g/mol. The van der Waals surface area contributed by atoms with E-state index in [1.807, 2.05) is 42.5 Å². The Morgan fingerprint density at radius 3 is 2.88 bits per heavy atom. The summed E-state index contributed by atoms with van der Waals surface area (Å²) in [7, 11) is 1.64. The number of aromatic nitrogens is 2. The number of nitrogens with one attached hydrogen (secondary N) is 2. The summed E-state index contributed by atoms with van der Waals surface area (Å²) < 4.78 is 10.7. The van der Waals surface area contributed by atoms with Gasteiger partial charge in [-0.05, 0) is 43.1 Å². The normalized spacial score (nSPS) is 11.3. The summed E-state index contributed by atoms with van der Waals surface area (Å²) in [6.45, 7) is 3.92. The lowest BCUT2D eigenvalue weighted by molar-refractivity contribution is 0.276. The van der Waals surface area contributed by atoms with E-state index in [1.165, 1.54) is 0 Å². The number of fused-ring (bicyclic) bond motifs is 1. The molecule has 6 heteroatoms. The van der Waals surface area contributed by atoms with E-state index in [0.717, 1.165) is 28.0 Å². The van der Waals surface area contributed by atoms with Gasteiger partial charge in [-0.25, -0.2) is 4.98 Å². The molecule has 6 nitrogen and oxygen atoms in total. The highest BCUT2D eigenvalue weighted by molar-refractivity contribution is 5.80. The largest absolute Gasteiger partial charge is 0.497 e. The Bertz CT molecular complexity index is 853. The Kier molecular flexibility index (Phi) is 4.76. The van der Waals surface area contributed by atoms with E-state index in [0.29, 0.717) is 12.4 Å². The van der Waals surface area contributed by atoms with Crippen molar-refractivity contribution in [3.63, 3.8) is 0 Å². The fourth-order valence-electron chi connectivity index (χ4n) is 2.25. The van der Waals surface area contributed by atoms with Gasteiger partial charge in [0, 0.05) is 11.3 Å². The van der Waals surface area contributed by atoms with Gasteiger partial charge in [-0.15, -0.1) is 0 Å². The van der Waals surface area contributed by atoms with Crippen LogP contribution in [-0.2, 0) is 4.74 Å². The van der Waals surface area contributed by atoms with E-state index >= 15 is 0 Å². The predicted octanol–water partition coefficient (Wildman–Crippen LogP) is 3.66. The minimum atomic E-state index is 0.317. The van der Waals surface area contributed by atoms with Gasteiger partial charge in [-0.2, -0.15) is 0 Å². The van der Waals surface area contributed by atoms with Crippen molar-refractivity contribution in [3.8, 4) is 5.75 Å². The zero-order chi connectivity index (χ0) is 16.8. The zero-order valence-electron chi connectivity index (χ0n) is 13.3. The van der Waals surface area contributed by atoms with Gasteiger partial charge in [0.25, 0.3) is 0 Å². The number of hydrogen-bond acceptors (Lipinski definition) is 5. The second-order valence-electron chi connectivity index (χ2n) is 5.01. The third-order valence-electron chi connectivity index (χ3n) is 3.53. The number of H-pyrrole nitrogens is 1. The minimum Gasteiger partial charge on any atom is -0.497 e. The van der Waals surface area contributed by atoms with Crippen molar-refractivity contribution in [2.75, 3.05) is 19.2 Å². The lowest BCUT2D eigenvalue weighted by Crippen LogP contribution is -2.02. The topological polar surface area (TPSA) is 71.5 Å². The summed E-state index contributed by atoms with van der Waals surface area (Å²) >= 11 is 0. The van der Waals surface area contributed by atoms with Crippen LogP contribution in [0.2, 0.25) is 0 Å². The molecule has 24 heavy (non-hydrogen) atoms. The molecule has 0 aliphatic rings. The number of nitrogens with zero attached hydrogens (tertiary/aromatic N) is 2. The van der Waals surface area contributed by atoms with E-state index in [2.05, 4.69) is 27.0 Å². The van der Waals surface area contributed by atoms with Gasteiger partial charge < -0.3 is 19.8 Å². The van der Waals surface area contributed by atoms with Gasteiger partial charge in [-0.3, -0.25) is 4.99 Å². The van der Waals surface area contributed by atoms with Gasteiger partial charge >= 0.3 is 0 Å². The van der Waals surface area contributed by atoms with E-state index in [9.17, 15) is 0 Å². The van der Waals surface area contributed by atoms with Crippen molar-refractivity contribution < 1.29 is 9.47 Å². The molecule has 3 rings (SSSR count). The van der Waals surface area contributed by atoms with Crippen molar-refractivity contribution in [2.24, 2.45) is 4.99 Å². The van der Waals surface area contributed by atoms with Gasteiger partial charge in [0.1, 0.15) is 17.7 Å². The molecule has 2 N–H and O–H groups in total. The maximum absolute atomic E-state index is 5.53. The molecule has 0 amide bonds. The molecular formula is C18H18N4O2. The van der Waals surface area contributed by atoms with E-state index in [-0.39, 0.29) is 0 Å². The molecule has 1 heterocycles. The minimum absolute atomic E-state index is 0.317. The molecule has 0 saturated heterocycles. The van der Waals surface area contributed by atoms with Crippen molar-refractivity contribution in [1.82, 2.24) is 9.97 Å². The third-order valence-corrected chi connectivity index (χ3v) is 3.53. The molecule has 3 aromatic rings. The molecular weight excluding hydrogens is 304 g/mol. The Morgan fingerprint density at radius 1 is 1.29 bits per heavy atom. The smallest absolute Gasteiger partial charge is 0.158 e. The molecule has 0 radical (unpaired) electrons. The van der Waals surface area contributed by atoms with Crippen molar-refractivity contribution in [2.45, 2.75) is 0 Å². The summed E-state index contributed by atoms with van der Waals surface area (Å²) in [5.41, 5.74) is 4.35. The molecule has 0 spiro atoms. The third kappa shape index (κ3) is 3.55. The maximum Gasteiger partial charge on any atom is 0.158 e. The van der Waals surface area contributed by atoms with Gasteiger partial charge in [0.2, 0.25) is 0 Å². The number of aliphatic imine (C=N–C) groups is 1. The highest BCUT2D eigenvalue weighted by Gasteiger charge is 2.03. The van der Waals surface area contributed by atoms with Crippen molar-refractivity contribution in [1.29, 1.82) is 0 Å². The summed E-state index contributed by atoms with van der Waals surface area (Å²) in [6.07, 6.45) is 3.25. The Labute approximate surface area is 139 Å². The number of benzene rings is 2. The maximum atomic E-state index is 5.53. The lowest BCUT2D eigenvalue weighted by atomic mass is 10.1. The molecule has 2 aromatic carbocycles. The van der Waals surface area contributed by atoms with Gasteiger partial charge in [-0.1, -0.05) is 6.07 Å². The number of aromatic amines is 1. The highest BCUT2D eigenvalue weighted by atomic mass is 16.5. The SMILES string of the molecule is C=N/C(=C\OCNc1ccc(OC)cc1)c1ccc2nc[nH]c2c1. The first-order valence-corrected chi connectivity index (χ1v) is 7.40. The molecule has 0 aliphatic carbocycles. The molecule has 0 fully saturated rings. The molecule has 122 valence electrons. The first-order valence-electron chi connectivity index (χ1n) is 7.40. The van der Waals surface area contributed by atoms with Crippen LogP contribution in [-0.4, -0.2) is 30.5 Å². The number of imidazole rings is 1. The standard InChI is InChI=1S/C18H18N4O2/c1-19-18(13-3-8-16-17(9-13)21-11-20-16)10-24-12-22-14-4-6-15(23-2)7-5-14/h3-11,22H,1,12H2,2H3,(H,20,21)/b18-10-. The first-order chi connectivity index (χ1) is 11.8. The number of rotatable bonds is 7. The van der Waals surface area contributed by atoms with Crippen LogP contribution in [0, 0.1) is 0 Å². The average Bonchev–Trinajstić information content (AvgIpc) is 3.10. The number of methoxy groups -OCH3 is 1. The van der Waals surface area contributed by atoms with Crippen molar-refractivity contribution >= 4 is 29.1 Å². The first kappa shape index (κ1) is 15.6. The molecule has 0 atom stereocenters. The fourth-order valence-corrected chi connectivity index (χ4v) is 2.25. The Morgan fingerprint density at radius 2 is 2.12 bits per heavy atom. The van der Waals surface area contributed by atoms with Gasteiger partial charge in [0.15, 0.2) is 6.73 Å². The zero-order valence-corrected chi connectivity index (χ0v) is 13.3. The lowest BCUT2D eigenvalue weighted by Gasteiger charge is -2.08. The van der Waals surface area contributed by atoms with Crippen LogP contribution < -0.4 is 10.1 Å². The van der Waals surface area contributed by atoms with Crippen LogP contribution in [0.25, 0.3) is 16.7 Å². The summed E-state index contributed by atoms with van der Waals surface area (Å²) in [5, 5.41) is 3.15. The van der Waals surface area contributed by atoms with Crippen LogP contribution in [0.5, 0.6) is 5.75 Å². The van der Waals surface area contributed by atoms with Crippen LogP contribution in [0.1, 0.15) is 5.56 Å². The van der Waals surface area contributed by atoms with Crippen LogP contribution in [0.15, 0.2) is 60.0 Å². The number of hydrogen-bond donors (Lipinski definition) is 2. The molecule has 0 unspecified atom stereocenters. The van der Waals surface area contributed by atoms with E-state index < -0.39 is 0 Å². The fraction of sp³-hybridized carbons (Fsp3) is 0.111. The molecule has 0 bridgehead atoms. The summed E-state index contributed by atoms with van der Waals surface area (Å²) in [4.78, 5) is 11.3. The Hall–Kier alpha value is -3.28. The predicted molar refractivity (Wildman–Crippen MR) is 96.2 cm³/mol. The second-order valence-corrected chi connectivity index (χ2v) is 5.01. The van der Waals surface area contributed by atoms with Crippen LogP contribution >= 0.6 is 0 Å². The molecule has 0 aliphatic heterocycles. The summed E-state index contributed by atoms with van der Waals surface area (Å²) in [5.74, 6) is 0.814. The van der Waals surface area contributed by atoms with Crippen LogP contribution in [0.4, 0.5) is 5.69 Å². The summed E-state index contributed by atoms with van der Waals surface area (Å²) in [6, 6.07) is 13.4. The van der Waals surface area contributed by atoms with E-state index in [1.54, 1.807) is 19.7 Å². The van der Waals surface area contributed by atoms with Crippen molar-refractivity contribution in [3.05, 3.63) is 60.6 Å². The quantitative estimate of drug-likeness (QED) is 0.301. The number of anilines is 1. The highest BCUT2D eigenvalue weighted by Crippen LogP contribution is 2.20. The van der Waals surface area contributed by atoms with Crippen LogP contribution in [0.3, 0.4) is 0 Å². The van der Waals surface area contributed by atoms with E-state index in [4.69, 9.17) is 9.47 Å². The molecule has 1 aromatic heterocycles. The second kappa shape index (κ2) is 7.32. The molecule has 0 saturated carbocycles. The van der Waals surface area contributed by atoms with Gasteiger partial charge in [0.05, 0.1) is 24.5 Å². The number of ether oxygens (including phenoxy) is 2. The Balaban J connectivity index is 1.61.